The highest BCUT2D eigenvalue weighted by Gasteiger charge is 2.10. The molecule has 0 bridgehead atoms. The van der Waals surface area contributed by atoms with E-state index in [1.165, 1.54) is 0 Å². The number of terminal acetylenes is 1. The molecule has 0 fully saturated rings. The van der Waals surface area contributed by atoms with Crippen LogP contribution in [0.3, 0.4) is 0 Å². The monoisotopic (exact) mass is 389 g/mol. The van der Waals surface area contributed by atoms with Crippen molar-refractivity contribution in [3.8, 4) is 23.8 Å². The highest BCUT2D eigenvalue weighted by atomic mass is 16.5. The summed E-state index contributed by atoms with van der Waals surface area (Å²) in [5.41, 5.74) is 2.44. The molecule has 0 saturated heterocycles. The number of hydrogen-bond acceptors (Lipinski definition) is 5. The van der Waals surface area contributed by atoms with Gasteiger partial charge in [-0.15, -0.1) is 6.42 Å². The summed E-state index contributed by atoms with van der Waals surface area (Å²) >= 11 is 0. The van der Waals surface area contributed by atoms with E-state index in [4.69, 9.17) is 15.9 Å². The van der Waals surface area contributed by atoms with E-state index in [1.54, 1.807) is 6.20 Å². The smallest absolute Gasteiger partial charge is 0.227 e. The topological polar surface area (TPSA) is 56.3 Å². The summed E-state index contributed by atoms with van der Waals surface area (Å²) < 4.78 is 11.9. The fourth-order valence-electron chi connectivity index (χ4n) is 2.79. The molecule has 3 rings (SSSR count). The van der Waals surface area contributed by atoms with Crippen LogP contribution in [0.25, 0.3) is 10.9 Å². The standard InChI is InChI=1S/C24H27N3O2/c1-4-7-12-28-22-15-19-17-25-24(26-20-11-9-10-18(6-3)14-20)27-21(19)16-23(22)29-13-8-5-2/h3,9-11,14-17H,4-5,7-8,12-13H2,1-2H3,(H,25,26,27). The van der Waals surface area contributed by atoms with E-state index < -0.39 is 0 Å². The van der Waals surface area contributed by atoms with Crippen molar-refractivity contribution in [2.75, 3.05) is 18.5 Å². The van der Waals surface area contributed by atoms with Crippen LogP contribution in [0.1, 0.15) is 45.1 Å². The Bertz CT molecular complexity index is 995. The highest BCUT2D eigenvalue weighted by molar-refractivity contribution is 5.83. The van der Waals surface area contributed by atoms with Gasteiger partial charge in [-0.2, -0.15) is 0 Å². The summed E-state index contributed by atoms with van der Waals surface area (Å²) in [6, 6.07) is 11.5. The van der Waals surface area contributed by atoms with Crippen LogP contribution in [-0.2, 0) is 0 Å². The Morgan fingerprint density at radius 3 is 2.41 bits per heavy atom. The van der Waals surface area contributed by atoms with Crippen molar-refractivity contribution in [3.63, 3.8) is 0 Å². The molecule has 0 unspecified atom stereocenters. The third-order valence-corrected chi connectivity index (χ3v) is 4.44. The molecule has 5 nitrogen and oxygen atoms in total. The molecule has 0 aliphatic carbocycles. The van der Waals surface area contributed by atoms with Crippen molar-refractivity contribution >= 4 is 22.5 Å². The van der Waals surface area contributed by atoms with E-state index in [1.807, 2.05) is 36.4 Å². The number of aromatic nitrogens is 2. The Morgan fingerprint density at radius 2 is 1.72 bits per heavy atom. The van der Waals surface area contributed by atoms with Gasteiger partial charge in [-0.1, -0.05) is 38.7 Å². The van der Waals surface area contributed by atoms with E-state index in [9.17, 15) is 0 Å². The summed E-state index contributed by atoms with van der Waals surface area (Å²) in [5.74, 6) is 4.60. The predicted octanol–water partition coefficient (Wildman–Crippen LogP) is 5.71. The largest absolute Gasteiger partial charge is 0.490 e. The van der Waals surface area contributed by atoms with Crippen molar-refractivity contribution in [1.29, 1.82) is 0 Å². The van der Waals surface area contributed by atoms with Gasteiger partial charge in [-0.25, -0.2) is 9.97 Å². The number of rotatable bonds is 10. The van der Waals surface area contributed by atoms with E-state index in [0.29, 0.717) is 19.2 Å². The Morgan fingerprint density at radius 1 is 1.00 bits per heavy atom. The number of benzene rings is 2. The fourth-order valence-corrected chi connectivity index (χ4v) is 2.79. The molecule has 150 valence electrons. The van der Waals surface area contributed by atoms with Crippen LogP contribution in [0.15, 0.2) is 42.6 Å². The molecule has 0 radical (unpaired) electrons. The van der Waals surface area contributed by atoms with Gasteiger partial charge in [0.15, 0.2) is 11.5 Å². The Balaban J connectivity index is 1.87. The third kappa shape index (κ3) is 5.61. The lowest BCUT2D eigenvalue weighted by Gasteiger charge is -2.14. The molecular weight excluding hydrogens is 362 g/mol. The average Bonchev–Trinajstić information content (AvgIpc) is 2.74. The molecule has 5 heteroatoms. The number of fused-ring (bicyclic) bond motifs is 1. The molecule has 0 aliphatic rings. The van der Waals surface area contributed by atoms with Gasteiger partial charge in [0.25, 0.3) is 0 Å². The van der Waals surface area contributed by atoms with Crippen LogP contribution in [0.5, 0.6) is 11.5 Å². The Hall–Kier alpha value is -3.26. The van der Waals surface area contributed by atoms with Gasteiger partial charge < -0.3 is 14.8 Å². The Kier molecular flexibility index (Phi) is 7.29. The zero-order valence-electron chi connectivity index (χ0n) is 17.1. The van der Waals surface area contributed by atoms with Crippen molar-refractivity contribution in [3.05, 3.63) is 48.2 Å². The number of nitrogens with one attached hydrogen (secondary N) is 1. The van der Waals surface area contributed by atoms with Crippen LogP contribution >= 0.6 is 0 Å². The fraction of sp³-hybridized carbons (Fsp3) is 0.333. The molecule has 0 atom stereocenters. The van der Waals surface area contributed by atoms with E-state index >= 15 is 0 Å². The quantitative estimate of drug-likeness (QED) is 0.355. The van der Waals surface area contributed by atoms with Crippen LogP contribution in [-0.4, -0.2) is 23.2 Å². The molecule has 3 aromatic rings. The molecule has 2 aromatic carbocycles. The average molecular weight is 389 g/mol. The predicted molar refractivity (Wildman–Crippen MR) is 118 cm³/mol. The summed E-state index contributed by atoms with van der Waals surface area (Å²) in [6.07, 6.45) is 11.4. The SMILES string of the molecule is C#Cc1cccc(Nc2ncc3cc(OCCCC)c(OCCCC)cc3n2)c1. The van der Waals surface area contributed by atoms with Gasteiger partial charge in [0.2, 0.25) is 5.95 Å². The molecular formula is C24H27N3O2. The van der Waals surface area contributed by atoms with Gasteiger partial charge in [0.05, 0.1) is 18.7 Å². The van der Waals surface area contributed by atoms with Gasteiger partial charge in [-0.05, 0) is 37.1 Å². The minimum absolute atomic E-state index is 0.505. The second-order valence-corrected chi connectivity index (χ2v) is 6.81. The van der Waals surface area contributed by atoms with E-state index in [2.05, 4.69) is 35.1 Å². The number of anilines is 2. The maximum absolute atomic E-state index is 5.98. The normalized spacial score (nSPS) is 10.5. The molecule has 1 N–H and O–H groups in total. The van der Waals surface area contributed by atoms with Crippen molar-refractivity contribution in [1.82, 2.24) is 9.97 Å². The van der Waals surface area contributed by atoms with Crippen molar-refractivity contribution < 1.29 is 9.47 Å². The van der Waals surface area contributed by atoms with Crippen molar-refractivity contribution in [2.45, 2.75) is 39.5 Å². The first-order valence-electron chi connectivity index (χ1n) is 10.1. The lowest BCUT2D eigenvalue weighted by atomic mass is 10.2. The van der Waals surface area contributed by atoms with Crippen LogP contribution < -0.4 is 14.8 Å². The summed E-state index contributed by atoms with van der Waals surface area (Å²) in [4.78, 5) is 9.07. The third-order valence-electron chi connectivity index (χ3n) is 4.44. The number of hydrogen-bond donors (Lipinski definition) is 1. The number of ether oxygens (including phenoxy) is 2. The number of nitrogens with zero attached hydrogens (tertiary/aromatic N) is 2. The zero-order chi connectivity index (χ0) is 20.5. The lowest BCUT2D eigenvalue weighted by Crippen LogP contribution is -2.03. The number of unbranched alkanes of at least 4 members (excludes halogenated alkanes) is 2. The van der Waals surface area contributed by atoms with Crippen molar-refractivity contribution in [2.24, 2.45) is 0 Å². The van der Waals surface area contributed by atoms with Crippen LogP contribution in [0, 0.1) is 12.3 Å². The maximum Gasteiger partial charge on any atom is 0.227 e. The zero-order valence-corrected chi connectivity index (χ0v) is 17.1. The molecule has 1 heterocycles. The Labute approximate surface area is 172 Å². The molecule has 0 amide bonds. The first kappa shape index (κ1) is 20.5. The van der Waals surface area contributed by atoms with Crippen LogP contribution in [0.2, 0.25) is 0 Å². The van der Waals surface area contributed by atoms with E-state index in [-0.39, 0.29) is 0 Å². The highest BCUT2D eigenvalue weighted by Crippen LogP contribution is 2.32. The summed E-state index contributed by atoms with van der Waals surface area (Å²) in [6.45, 7) is 5.60. The molecule has 0 saturated carbocycles. The first-order chi connectivity index (χ1) is 14.2. The summed E-state index contributed by atoms with van der Waals surface area (Å²) in [7, 11) is 0. The van der Waals surface area contributed by atoms with Gasteiger partial charge in [0, 0.05) is 28.9 Å². The molecule has 29 heavy (non-hydrogen) atoms. The van der Waals surface area contributed by atoms with Gasteiger partial charge in [-0.3, -0.25) is 0 Å². The summed E-state index contributed by atoms with van der Waals surface area (Å²) in [5, 5.41) is 4.11. The maximum atomic E-state index is 5.98. The lowest BCUT2D eigenvalue weighted by molar-refractivity contribution is 0.262. The molecule has 0 spiro atoms. The second-order valence-electron chi connectivity index (χ2n) is 6.81. The molecule has 0 aliphatic heterocycles. The minimum Gasteiger partial charge on any atom is -0.490 e. The van der Waals surface area contributed by atoms with Gasteiger partial charge in [0.1, 0.15) is 0 Å². The van der Waals surface area contributed by atoms with Gasteiger partial charge >= 0.3 is 0 Å². The molecule has 1 aromatic heterocycles. The second kappa shape index (κ2) is 10.3. The van der Waals surface area contributed by atoms with Crippen LogP contribution in [0.4, 0.5) is 11.6 Å². The minimum atomic E-state index is 0.505. The first-order valence-corrected chi connectivity index (χ1v) is 10.1. The van der Waals surface area contributed by atoms with E-state index in [0.717, 1.165) is 59.3 Å².